The van der Waals surface area contributed by atoms with Crippen LogP contribution in [0, 0.1) is 0 Å². The molecule has 0 saturated carbocycles. The van der Waals surface area contributed by atoms with E-state index in [1.807, 2.05) is 67.6 Å². The van der Waals surface area contributed by atoms with E-state index in [2.05, 4.69) is 10.6 Å². The normalized spacial score (nSPS) is 12.0. The molecule has 3 N–H and O–H groups in total. The molecule has 0 heterocycles. The predicted octanol–water partition coefficient (Wildman–Crippen LogP) is 2.85. The van der Waals surface area contributed by atoms with Crippen LogP contribution in [0.1, 0.15) is 30.5 Å². The van der Waals surface area contributed by atoms with Gasteiger partial charge in [0.2, 0.25) is 0 Å². The molecule has 0 radical (unpaired) electrons. The second kappa shape index (κ2) is 8.20. The summed E-state index contributed by atoms with van der Waals surface area (Å²) in [6.07, 6.45) is 0.686. The minimum Gasteiger partial charge on any atom is -0.394 e. The van der Waals surface area contributed by atoms with Crippen molar-refractivity contribution in [1.82, 2.24) is 10.6 Å². The first-order valence-electron chi connectivity index (χ1n) is 7.52. The van der Waals surface area contributed by atoms with Crippen LogP contribution in [0.2, 0.25) is 0 Å². The second-order valence-corrected chi connectivity index (χ2v) is 5.16. The van der Waals surface area contributed by atoms with E-state index in [4.69, 9.17) is 0 Å². The average Bonchev–Trinajstić information content (AvgIpc) is 2.59. The van der Waals surface area contributed by atoms with Crippen LogP contribution in [0.4, 0.5) is 4.79 Å². The van der Waals surface area contributed by atoms with E-state index >= 15 is 0 Å². The maximum absolute atomic E-state index is 12.2. The quantitative estimate of drug-likeness (QED) is 0.768. The first-order chi connectivity index (χ1) is 10.7. The van der Waals surface area contributed by atoms with E-state index in [1.165, 1.54) is 0 Å². The minimum atomic E-state index is -0.279. The molecule has 2 aromatic rings. The number of nitrogens with one attached hydrogen (secondary N) is 2. The van der Waals surface area contributed by atoms with Crippen molar-refractivity contribution >= 4 is 6.03 Å². The highest BCUT2D eigenvalue weighted by Crippen LogP contribution is 2.21. The van der Waals surface area contributed by atoms with Gasteiger partial charge in [-0.2, -0.15) is 0 Å². The summed E-state index contributed by atoms with van der Waals surface area (Å²) in [5, 5.41) is 15.0. The number of aliphatic hydroxyl groups is 1. The zero-order chi connectivity index (χ0) is 15.8. The Morgan fingerprint density at radius 2 is 1.45 bits per heavy atom. The number of carbonyl (C=O) groups excluding carboxylic acids is 1. The summed E-state index contributed by atoms with van der Waals surface area (Å²) in [6, 6.07) is 18.9. The van der Waals surface area contributed by atoms with Crippen LogP contribution in [0.15, 0.2) is 60.7 Å². The fraction of sp³-hybridized carbons (Fsp3) is 0.278. The maximum Gasteiger partial charge on any atom is 0.315 e. The largest absolute Gasteiger partial charge is 0.394 e. The molecule has 4 heteroatoms. The summed E-state index contributed by atoms with van der Waals surface area (Å²) in [5.74, 6) is 0. The van der Waals surface area contributed by atoms with Crippen molar-refractivity contribution in [3.8, 4) is 0 Å². The molecule has 0 bridgehead atoms. The smallest absolute Gasteiger partial charge is 0.315 e. The lowest BCUT2D eigenvalue weighted by atomic mass is 9.99. The second-order valence-electron chi connectivity index (χ2n) is 5.16. The Hall–Kier alpha value is -2.33. The molecule has 22 heavy (non-hydrogen) atoms. The number of hydrogen-bond donors (Lipinski definition) is 3. The third-order valence-corrected chi connectivity index (χ3v) is 3.59. The molecule has 0 aliphatic carbocycles. The van der Waals surface area contributed by atoms with Crippen molar-refractivity contribution in [3.63, 3.8) is 0 Å². The van der Waals surface area contributed by atoms with Crippen LogP contribution in [0.3, 0.4) is 0 Å². The number of hydrogen-bond acceptors (Lipinski definition) is 2. The van der Waals surface area contributed by atoms with Gasteiger partial charge in [-0.25, -0.2) is 4.79 Å². The van der Waals surface area contributed by atoms with Crippen molar-refractivity contribution in [2.24, 2.45) is 0 Å². The number of carbonyl (C=O) groups is 1. The van der Waals surface area contributed by atoms with Gasteiger partial charge in [-0.15, -0.1) is 0 Å². The highest BCUT2D eigenvalue weighted by molar-refractivity contribution is 5.75. The van der Waals surface area contributed by atoms with Gasteiger partial charge in [0.05, 0.1) is 18.7 Å². The average molecular weight is 298 g/mol. The summed E-state index contributed by atoms with van der Waals surface area (Å²) in [6.45, 7) is 1.86. The van der Waals surface area contributed by atoms with Crippen LogP contribution >= 0.6 is 0 Å². The van der Waals surface area contributed by atoms with E-state index < -0.39 is 0 Å². The van der Waals surface area contributed by atoms with E-state index in [0.717, 1.165) is 11.1 Å². The molecule has 1 unspecified atom stereocenters. The van der Waals surface area contributed by atoms with Crippen LogP contribution in [-0.2, 0) is 0 Å². The van der Waals surface area contributed by atoms with Crippen molar-refractivity contribution in [2.75, 3.05) is 6.61 Å². The Balaban J connectivity index is 2.17. The van der Waals surface area contributed by atoms with Crippen LogP contribution in [0.25, 0.3) is 0 Å². The van der Waals surface area contributed by atoms with Gasteiger partial charge in [0.25, 0.3) is 0 Å². The topological polar surface area (TPSA) is 61.4 Å². The van der Waals surface area contributed by atoms with Gasteiger partial charge >= 0.3 is 6.03 Å². The lowest BCUT2D eigenvalue weighted by Crippen LogP contribution is -2.45. The molecular weight excluding hydrogens is 276 g/mol. The molecule has 2 rings (SSSR count). The maximum atomic E-state index is 12.2. The van der Waals surface area contributed by atoms with Gasteiger partial charge in [-0.1, -0.05) is 67.6 Å². The summed E-state index contributed by atoms with van der Waals surface area (Å²) < 4.78 is 0. The Bertz CT molecular complexity index is 529. The van der Waals surface area contributed by atoms with Crippen molar-refractivity contribution in [3.05, 3.63) is 71.8 Å². The zero-order valence-electron chi connectivity index (χ0n) is 12.7. The van der Waals surface area contributed by atoms with Crippen LogP contribution in [-0.4, -0.2) is 23.8 Å². The van der Waals surface area contributed by atoms with Crippen LogP contribution < -0.4 is 10.6 Å². The molecule has 116 valence electrons. The van der Waals surface area contributed by atoms with E-state index in [1.54, 1.807) is 0 Å². The lowest BCUT2D eigenvalue weighted by molar-refractivity contribution is 0.213. The Labute approximate surface area is 131 Å². The van der Waals surface area contributed by atoms with Crippen molar-refractivity contribution in [1.29, 1.82) is 0 Å². The monoisotopic (exact) mass is 298 g/mol. The highest BCUT2D eigenvalue weighted by atomic mass is 16.3. The van der Waals surface area contributed by atoms with Gasteiger partial charge in [0.15, 0.2) is 0 Å². The van der Waals surface area contributed by atoms with E-state index in [9.17, 15) is 9.90 Å². The molecule has 0 aromatic heterocycles. The minimum absolute atomic E-state index is 0.0642. The molecule has 2 amide bonds. The molecular formula is C18H22N2O2. The van der Waals surface area contributed by atoms with Gasteiger partial charge in [-0.3, -0.25) is 0 Å². The molecule has 1 atom stereocenters. The van der Waals surface area contributed by atoms with E-state index in [-0.39, 0.29) is 24.7 Å². The Kier molecular flexibility index (Phi) is 5.98. The number of aliphatic hydroxyl groups excluding tert-OH is 1. The number of amides is 2. The fourth-order valence-electron chi connectivity index (χ4n) is 2.29. The molecule has 4 nitrogen and oxygen atoms in total. The van der Waals surface area contributed by atoms with Crippen molar-refractivity contribution in [2.45, 2.75) is 25.4 Å². The summed E-state index contributed by atoms with van der Waals surface area (Å²) in [7, 11) is 0. The summed E-state index contributed by atoms with van der Waals surface area (Å²) >= 11 is 0. The van der Waals surface area contributed by atoms with E-state index in [0.29, 0.717) is 6.42 Å². The first-order valence-corrected chi connectivity index (χ1v) is 7.52. The summed E-state index contributed by atoms with van der Waals surface area (Å²) in [4.78, 5) is 12.2. The molecule has 0 fully saturated rings. The molecule has 0 aliphatic rings. The number of urea groups is 1. The van der Waals surface area contributed by atoms with Gasteiger partial charge in [0.1, 0.15) is 0 Å². The third-order valence-electron chi connectivity index (χ3n) is 3.59. The Morgan fingerprint density at radius 3 is 1.86 bits per heavy atom. The Morgan fingerprint density at radius 1 is 0.955 bits per heavy atom. The van der Waals surface area contributed by atoms with Gasteiger partial charge in [-0.05, 0) is 17.5 Å². The molecule has 0 saturated heterocycles. The highest BCUT2D eigenvalue weighted by Gasteiger charge is 2.17. The third kappa shape index (κ3) is 4.33. The molecule has 0 aliphatic heterocycles. The number of rotatable bonds is 6. The van der Waals surface area contributed by atoms with Crippen molar-refractivity contribution < 1.29 is 9.90 Å². The molecule has 2 aromatic carbocycles. The first kappa shape index (κ1) is 16.0. The van der Waals surface area contributed by atoms with Gasteiger partial charge in [0, 0.05) is 0 Å². The lowest BCUT2D eigenvalue weighted by Gasteiger charge is -2.22. The molecule has 0 spiro atoms. The summed E-state index contributed by atoms with van der Waals surface area (Å²) in [5.41, 5.74) is 2.03. The number of benzene rings is 2. The standard InChI is InChI=1S/C18H22N2O2/c1-2-16(13-21)19-18(22)20-17(14-9-5-3-6-10-14)15-11-7-4-8-12-15/h3-12,16-17,21H,2,13H2,1H3,(H2,19,20,22). The SMILES string of the molecule is CCC(CO)NC(=O)NC(c1ccccc1)c1ccccc1. The van der Waals surface area contributed by atoms with Gasteiger partial charge < -0.3 is 15.7 Å². The zero-order valence-corrected chi connectivity index (χ0v) is 12.7. The predicted molar refractivity (Wildman–Crippen MR) is 87.6 cm³/mol. The fourth-order valence-corrected chi connectivity index (χ4v) is 2.29. The van der Waals surface area contributed by atoms with Crippen LogP contribution in [0.5, 0.6) is 0 Å².